The molecule has 2 heterocycles. The fraction of sp³-hybridized carbons (Fsp3) is 0.419. The lowest BCUT2D eigenvalue weighted by Gasteiger charge is -2.41. The van der Waals surface area contributed by atoms with Crippen molar-refractivity contribution in [2.24, 2.45) is 0 Å². The number of hydrogen-bond acceptors (Lipinski definition) is 7. The number of carbonyl (C=O) groups is 1. The molecule has 0 aliphatic carbocycles. The summed E-state index contributed by atoms with van der Waals surface area (Å²) in [6, 6.07) is 10.3. The highest BCUT2D eigenvalue weighted by molar-refractivity contribution is 7.53. The van der Waals surface area contributed by atoms with Crippen molar-refractivity contribution >= 4 is 25.6 Å². The van der Waals surface area contributed by atoms with Crippen LogP contribution in [0.25, 0.3) is 11.1 Å². The number of aryl methyl sites for hydroxylation is 1. The van der Waals surface area contributed by atoms with Gasteiger partial charge in [0.2, 0.25) is 12.6 Å². The van der Waals surface area contributed by atoms with Crippen molar-refractivity contribution in [2.45, 2.75) is 38.5 Å². The summed E-state index contributed by atoms with van der Waals surface area (Å²) in [6.07, 6.45) is -8.69. The molecule has 0 unspecified atom stereocenters. The first-order valence-electron chi connectivity index (χ1n) is 14.5. The van der Waals surface area contributed by atoms with Crippen LogP contribution in [0.4, 0.5) is 37.8 Å². The van der Waals surface area contributed by atoms with Crippen LogP contribution in [0.1, 0.15) is 36.1 Å². The van der Waals surface area contributed by atoms with E-state index in [-0.39, 0.29) is 12.8 Å². The maximum atomic E-state index is 14.0. The summed E-state index contributed by atoms with van der Waals surface area (Å²) in [5.41, 5.74) is -2.82. The van der Waals surface area contributed by atoms with Gasteiger partial charge in [-0.15, -0.1) is 0 Å². The summed E-state index contributed by atoms with van der Waals surface area (Å²) in [6.45, 7) is 6.27. The quantitative estimate of drug-likeness (QED) is 0.153. The van der Waals surface area contributed by atoms with Crippen LogP contribution in [0.3, 0.4) is 0 Å². The number of rotatable bonds is 8. The standard InChI is InChI=1S/C31H37F6N4O5P/c1-20-8-6-7-9-24(20)25-17-27(40-10-12-41(5,13-11-40)19-46-47(43,44)45)38-18-26(25)39(4)28(42)29(2,3)21-14-22(30(32,33)34)16-23(15-21)31(35,36)37/h6-9,14-18,43-45H,10-13,19H2,1-5H3/q+2. The third-order valence-electron chi connectivity index (χ3n) is 8.50. The Morgan fingerprint density at radius 2 is 1.47 bits per heavy atom. The van der Waals surface area contributed by atoms with Gasteiger partial charge in [0, 0.05) is 12.6 Å². The number of aromatic nitrogens is 1. The Balaban J connectivity index is 1.71. The van der Waals surface area contributed by atoms with Gasteiger partial charge in [0.05, 0.1) is 61.7 Å². The minimum atomic E-state index is -5.07. The zero-order valence-electron chi connectivity index (χ0n) is 26.4. The van der Waals surface area contributed by atoms with Gasteiger partial charge in [0.25, 0.3) is 0 Å². The van der Waals surface area contributed by atoms with Crippen molar-refractivity contribution < 1.29 is 54.8 Å². The SMILES string of the molecule is Cc1ccccc1-c1cc(N2CC[N+](C)(CO[P+](O)(O)O)CC2)ncc1N(C)C(=O)C(C)(C)c1cc(C(F)(F)F)cc(C(F)(F)F)c1. The molecule has 16 heteroatoms. The Morgan fingerprint density at radius 1 is 0.936 bits per heavy atom. The van der Waals surface area contributed by atoms with E-state index in [1.807, 2.05) is 37.1 Å². The molecule has 256 valence electrons. The number of nitrogens with zero attached hydrogens (tertiary/aromatic N) is 4. The second-order valence-electron chi connectivity index (χ2n) is 12.5. The highest BCUT2D eigenvalue weighted by Crippen LogP contribution is 2.46. The molecule has 9 nitrogen and oxygen atoms in total. The number of piperazine rings is 1. The van der Waals surface area contributed by atoms with Crippen LogP contribution in [0.15, 0.2) is 54.7 Å². The largest absolute Gasteiger partial charge is 0.573 e. The molecule has 0 saturated carbocycles. The monoisotopic (exact) mass is 690 g/mol. The molecule has 4 rings (SSSR count). The van der Waals surface area contributed by atoms with Crippen LogP contribution in [0.2, 0.25) is 0 Å². The molecular weight excluding hydrogens is 653 g/mol. The molecule has 1 aliphatic rings. The van der Waals surface area contributed by atoms with Gasteiger partial charge in [-0.2, -0.15) is 41.0 Å². The van der Waals surface area contributed by atoms with Crippen LogP contribution in [0.5, 0.6) is 0 Å². The Morgan fingerprint density at radius 3 is 1.98 bits per heavy atom. The number of anilines is 2. The van der Waals surface area contributed by atoms with Gasteiger partial charge < -0.3 is 9.80 Å². The van der Waals surface area contributed by atoms with Crippen molar-refractivity contribution in [3.63, 3.8) is 0 Å². The predicted octanol–water partition coefficient (Wildman–Crippen LogP) is 5.93. The van der Waals surface area contributed by atoms with Gasteiger partial charge in [-0.25, -0.2) is 4.98 Å². The van der Waals surface area contributed by atoms with Crippen molar-refractivity contribution in [1.29, 1.82) is 0 Å². The molecule has 1 aliphatic heterocycles. The van der Waals surface area contributed by atoms with Crippen molar-refractivity contribution in [1.82, 2.24) is 4.98 Å². The van der Waals surface area contributed by atoms with Crippen molar-refractivity contribution in [3.05, 3.63) is 77.0 Å². The second-order valence-corrected chi connectivity index (χ2v) is 13.8. The molecule has 1 saturated heterocycles. The average molecular weight is 691 g/mol. The lowest BCUT2D eigenvalue weighted by Crippen LogP contribution is -2.58. The summed E-state index contributed by atoms with van der Waals surface area (Å²) < 4.78 is 86.9. The molecule has 1 aromatic heterocycles. The van der Waals surface area contributed by atoms with E-state index in [4.69, 9.17) is 4.52 Å². The van der Waals surface area contributed by atoms with Crippen LogP contribution in [0, 0.1) is 6.92 Å². The molecule has 1 fully saturated rings. The second kappa shape index (κ2) is 12.9. The molecule has 0 radical (unpaired) electrons. The smallest absolute Gasteiger partial charge is 0.345 e. The van der Waals surface area contributed by atoms with Gasteiger partial charge >= 0.3 is 20.5 Å². The number of hydrogen-bond donors (Lipinski definition) is 3. The molecule has 3 aromatic rings. The maximum Gasteiger partial charge on any atom is 0.573 e. The minimum Gasteiger partial charge on any atom is -0.345 e. The normalized spacial score (nSPS) is 15.9. The third kappa shape index (κ3) is 8.40. The number of quaternary nitrogens is 1. The summed E-state index contributed by atoms with van der Waals surface area (Å²) in [7, 11) is -1.15. The first-order valence-corrected chi connectivity index (χ1v) is 16.0. The fourth-order valence-corrected chi connectivity index (χ4v) is 5.89. The first-order chi connectivity index (χ1) is 21.5. The summed E-state index contributed by atoms with van der Waals surface area (Å²) in [5.74, 6) is -0.198. The van der Waals surface area contributed by atoms with Crippen LogP contribution in [-0.2, 0) is 27.1 Å². The predicted molar refractivity (Wildman–Crippen MR) is 165 cm³/mol. The van der Waals surface area contributed by atoms with E-state index >= 15 is 0 Å². The number of amides is 1. The lowest BCUT2D eigenvalue weighted by atomic mass is 9.81. The number of benzene rings is 2. The van der Waals surface area contributed by atoms with E-state index in [2.05, 4.69) is 4.98 Å². The fourth-order valence-electron chi connectivity index (χ4n) is 5.46. The number of likely N-dealkylation sites (N-methyl/N-ethyl adjacent to an activating group) is 2. The molecule has 2 aromatic carbocycles. The van der Waals surface area contributed by atoms with E-state index in [1.54, 1.807) is 12.1 Å². The maximum absolute atomic E-state index is 14.0. The van der Waals surface area contributed by atoms with Gasteiger partial charge in [0.1, 0.15) is 5.82 Å². The first kappa shape index (κ1) is 36.5. The molecule has 3 N–H and O–H groups in total. The van der Waals surface area contributed by atoms with Gasteiger partial charge in [-0.1, -0.05) is 28.8 Å². The Hall–Kier alpha value is -3.33. The van der Waals surface area contributed by atoms with Gasteiger partial charge in [0.15, 0.2) is 0 Å². The summed E-state index contributed by atoms with van der Waals surface area (Å²) >= 11 is 0. The number of carbonyl (C=O) groups excluding carboxylic acids is 1. The Bertz CT molecular complexity index is 1590. The third-order valence-corrected chi connectivity index (χ3v) is 8.96. The van der Waals surface area contributed by atoms with Crippen molar-refractivity contribution in [3.8, 4) is 11.1 Å². The van der Waals surface area contributed by atoms with E-state index < -0.39 is 48.5 Å². The highest BCUT2D eigenvalue weighted by atomic mass is 31.2. The molecular formula is C31H37F6N4O5P+2. The number of halogens is 6. The number of alkyl halides is 6. The van der Waals surface area contributed by atoms with Crippen molar-refractivity contribution in [2.75, 3.05) is 56.8 Å². The lowest BCUT2D eigenvalue weighted by molar-refractivity contribution is -0.925. The van der Waals surface area contributed by atoms with Crippen LogP contribution >= 0.6 is 8.17 Å². The molecule has 1 amide bonds. The van der Waals surface area contributed by atoms with E-state index in [9.17, 15) is 45.8 Å². The van der Waals surface area contributed by atoms with E-state index in [0.29, 0.717) is 59.9 Å². The molecule has 0 bridgehead atoms. The highest BCUT2D eigenvalue weighted by Gasteiger charge is 2.42. The summed E-state index contributed by atoms with van der Waals surface area (Å²) in [4.78, 5) is 49.4. The molecule has 47 heavy (non-hydrogen) atoms. The Labute approximate surface area is 268 Å². The average Bonchev–Trinajstić information content (AvgIpc) is 2.98. The summed E-state index contributed by atoms with van der Waals surface area (Å²) in [5, 5.41) is 0. The number of pyridine rings is 1. The Kier molecular flexibility index (Phi) is 10.1. The molecule has 0 atom stereocenters. The van der Waals surface area contributed by atoms with Crippen LogP contribution < -0.4 is 9.80 Å². The zero-order chi connectivity index (χ0) is 35.2. The van der Waals surface area contributed by atoms with E-state index in [0.717, 1.165) is 11.1 Å². The molecule has 0 spiro atoms. The van der Waals surface area contributed by atoms with Gasteiger partial charge in [-0.05, 0) is 61.7 Å². The zero-order valence-corrected chi connectivity index (χ0v) is 27.3. The van der Waals surface area contributed by atoms with Gasteiger partial charge in [-0.3, -0.25) is 9.28 Å². The van der Waals surface area contributed by atoms with E-state index in [1.165, 1.54) is 32.0 Å². The minimum absolute atomic E-state index is 0.0300. The van der Waals surface area contributed by atoms with Crippen LogP contribution in [-0.4, -0.2) is 77.1 Å². The topological polar surface area (TPSA) is 106 Å².